The van der Waals surface area contributed by atoms with E-state index in [0.717, 1.165) is 0 Å². The molecule has 3 N–H and O–H groups in total. The number of rotatable bonds is 11. The fourth-order valence-electron chi connectivity index (χ4n) is 4.77. The number of benzene rings is 1. The highest BCUT2D eigenvalue weighted by Gasteiger charge is 2.25. The number of ether oxygens (including phenoxy) is 3. The lowest BCUT2D eigenvalue weighted by atomic mass is 10.0. The van der Waals surface area contributed by atoms with Crippen LogP contribution in [-0.4, -0.2) is 64.6 Å². The van der Waals surface area contributed by atoms with Gasteiger partial charge in [0.15, 0.2) is 0 Å². The highest BCUT2D eigenvalue weighted by atomic mass is 35.5. The number of aromatic nitrogens is 4. The molecule has 45 heavy (non-hydrogen) atoms. The van der Waals surface area contributed by atoms with Crippen LogP contribution in [0.25, 0.3) is 39.5 Å². The van der Waals surface area contributed by atoms with E-state index in [2.05, 4.69) is 15.4 Å². The molecule has 0 spiro atoms. The second-order valence-corrected chi connectivity index (χ2v) is 11.8. The molecule has 0 unspecified atom stereocenters. The van der Waals surface area contributed by atoms with Crippen LogP contribution in [0.5, 0.6) is 11.5 Å². The lowest BCUT2D eigenvalue weighted by Gasteiger charge is -2.23. The van der Waals surface area contributed by atoms with Crippen molar-refractivity contribution in [2.75, 3.05) is 27.9 Å². The Labute approximate surface area is 269 Å². The quantitative estimate of drug-likeness (QED) is 0.227. The van der Waals surface area contributed by atoms with Gasteiger partial charge in [0.25, 0.3) is 5.56 Å². The number of methoxy groups -OCH3 is 3. The van der Waals surface area contributed by atoms with E-state index in [4.69, 9.17) is 43.1 Å². The molecule has 14 heteroatoms. The van der Waals surface area contributed by atoms with Gasteiger partial charge in [-0.25, -0.2) is 0 Å². The monoisotopic (exact) mass is 656 g/mol. The Morgan fingerprint density at radius 3 is 2.29 bits per heavy atom. The van der Waals surface area contributed by atoms with Crippen molar-refractivity contribution in [3.8, 4) is 34.1 Å². The van der Waals surface area contributed by atoms with E-state index in [1.54, 1.807) is 30.1 Å². The van der Waals surface area contributed by atoms with E-state index < -0.39 is 22.9 Å². The molecular weight excluding hydrogens is 623 g/mol. The van der Waals surface area contributed by atoms with Gasteiger partial charge in [-0.05, 0) is 39.0 Å². The number of pyridine rings is 2. The number of halogens is 2. The maximum absolute atomic E-state index is 14.3. The summed E-state index contributed by atoms with van der Waals surface area (Å²) < 4.78 is 19.1. The van der Waals surface area contributed by atoms with Gasteiger partial charge in [-0.15, -0.1) is 0 Å². The van der Waals surface area contributed by atoms with Gasteiger partial charge in [0, 0.05) is 47.5 Å². The highest BCUT2D eigenvalue weighted by molar-refractivity contribution is 6.41. The van der Waals surface area contributed by atoms with E-state index in [1.807, 2.05) is 20.8 Å². The first-order chi connectivity index (χ1) is 21.3. The zero-order valence-electron chi connectivity index (χ0n) is 25.7. The minimum absolute atomic E-state index is 0.129. The van der Waals surface area contributed by atoms with Crippen molar-refractivity contribution < 1.29 is 23.8 Å². The predicted octanol–water partition coefficient (Wildman–Crippen LogP) is 4.31. The molecule has 0 saturated carbocycles. The summed E-state index contributed by atoms with van der Waals surface area (Å²) in [7, 11) is 4.45. The number of primary amides is 1. The van der Waals surface area contributed by atoms with E-state index >= 15 is 0 Å². The molecule has 0 aliphatic heterocycles. The van der Waals surface area contributed by atoms with E-state index in [-0.39, 0.29) is 44.7 Å². The SMILES string of the molecule is COCCn1ncc(C=CC(N)=O)c1-c1cc2c(=O)n(CC(=O)NC(C)(C)C)c(-c3c(Cl)c(OC)cc(OC)c3Cl)cc2cn1. The molecule has 0 saturated heterocycles. The zero-order chi connectivity index (χ0) is 33.1. The molecule has 0 radical (unpaired) electrons. The number of amides is 2. The number of nitrogens with one attached hydrogen (secondary N) is 1. The third-order valence-electron chi connectivity index (χ3n) is 6.68. The third-order valence-corrected chi connectivity index (χ3v) is 7.43. The van der Waals surface area contributed by atoms with E-state index in [9.17, 15) is 14.4 Å². The van der Waals surface area contributed by atoms with Gasteiger partial charge >= 0.3 is 0 Å². The minimum Gasteiger partial charge on any atom is -0.495 e. The Kier molecular flexibility index (Phi) is 10.2. The maximum Gasteiger partial charge on any atom is 0.259 e. The normalized spacial score (nSPS) is 11.7. The van der Waals surface area contributed by atoms with Crippen molar-refractivity contribution in [3.63, 3.8) is 0 Å². The summed E-state index contributed by atoms with van der Waals surface area (Å²) in [5.41, 5.74) is 6.27. The summed E-state index contributed by atoms with van der Waals surface area (Å²) >= 11 is 13.5. The van der Waals surface area contributed by atoms with Gasteiger partial charge in [-0.2, -0.15) is 5.10 Å². The van der Waals surface area contributed by atoms with Gasteiger partial charge in [0.05, 0.1) is 66.1 Å². The summed E-state index contributed by atoms with van der Waals surface area (Å²) in [6.07, 6.45) is 5.84. The van der Waals surface area contributed by atoms with Crippen molar-refractivity contribution in [1.29, 1.82) is 0 Å². The number of fused-ring (bicyclic) bond motifs is 1. The van der Waals surface area contributed by atoms with E-state index in [0.29, 0.717) is 35.5 Å². The van der Waals surface area contributed by atoms with Crippen molar-refractivity contribution in [2.24, 2.45) is 5.73 Å². The molecular formula is C31H34Cl2N6O6. The third kappa shape index (κ3) is 7.30. The van der Waals surface area contributed by atoms with Crippen LogP contribution in [0, 0.1) is 0 Å². The molecule has 0 aliphatic carbocycles. The summed E-state index contributed by atoms with van der Waals surface area (Å²) in [6, 6.07) is 4.83. The molecule has 0 bridgehead atoms. The van der Waals surface area contributed by atoms with Crippen LogP contribution in [0.4, 0.5) is 0 Å². The zero-order valence-corrected chi connectivity index (χ0v) is 27.2. The first-order valence-corrected chi connectivity index (χ1v) is 14.5. The van der Waals surface area contributed by atoms with Crippen LogP contribution >= 0.6 is 23.2 Å². The van der Waals surface area contributed by atoms with Crippen molar-refractivity contribution in [2.45, 2.75) is 39.4 Å². The fourth-order valence-corrected chi connectivity index (χ4v) is 5.47. The molecule has 2 amide bonds. The van der Waals surface area contributed by atoms with E-state index in [1.165, 1.54) is 43.2 Å². The Bertz CT molecular complexity index is 1830. The average Bonchev–Trinajstić information content (AvgIpc) is 3.38. The van der Waals surface area contributed by atoms with Gasteiger partial charge in [0.2, 0.25) is 11.8 Å². The number of nitrogens with zero attached hydrogens (tertiary/aromatic N) is 4. The number of hydrogen-bond acceptors (Lipinski definition) is 8. The maximum atomic E-state index is 14.3. The van der Waals surface area contributed by atoms with Gasteiger partial charge in [-0.3, -0.25) is 28.6 Å². The predicted molar refractivity (Wildman–Crippen MR) is 174 cm³/mol. The summed E-state index contributed by atoms with van der Waals surface area (Å²) in [5, 5.41) is 8.28. The summed E-state index contributed by atoms with van der Waals surface area (Å²) in [4.78, 5) is 43.7. The largest absolute Gasteiger partial charge is 0.495 e. The Morgan fingerprint density at radius 2 is 1.71 bits per heavy atom. The summed E-state index contributed by atoms with van der Waals surface area (Å²) in [5.74, 6) is -0.508. The smallest absolute Gasteiger partial charge is 0.259 e. The van der Waals surface area contributed by atoms with Crippen molar-refractivity contribution >= 4 is 51.9 Å². The van der Waals surface area contributed by atoms with Crippen LogP contribution in [0.2, 0.25) is 10.0 Å². The molecule has 0 aliphatic rings. The number of carbonyl (C=O) groups excluding carboxylic acids is 2. The molecule has 3 heterocycles. The van der Waals surface area contributed by atoms with Crippen LogP contribution in [-0.2, 0) is 27.4 Å². The molecule has 3 aromatic heterocycles. The number of hydrogen-bond donors (Lipinski definition) is 2. The first-order valence-electron chi connectivity index (χ1n) is 13.8. The Balaban J connectivity index is 2.02. The standard InChI is InChI=1S/C31H34Cl2N6O6/c1-31(2,3)37-25(41)16-38-21(26-27(32)22(44-5)13-23(45-6)28(26)33)11-18-14-35-20(12-19(18)30(38)42)29-17(7-8-24(34)40)15-36-39(29)9-10-43-4/h7-8,11-15H,9-10,16H2,1-6H3,(H2,34,40)(H,37,41). The second-order valence-electron chi connectivity index (χ2n) is 11.1. The molecule has 4 rings (SSSR count). The fraction of sp³-hybridized carbons (Fsp3) is 0.323. The van der Waals surface area contributed by atoms with Crippen LogP contribution in [0.15, 0.2) is 41.5 Å². The lowest BCUT2D eigenvalue weighted by Crippen LogP contribution is -2.43. The minimum atomic E-state index is -0.632. The highest BCUT2D eigenvalue weighted by Crippen LogP contribution is 2.46. The Morgan fingerprint density at radius 1 is 1.04 bits per heavy atom. The molecule has 0 atom stereocenters. The van der Waals surface area contributed by atoms with Crippen molar-refractivity contribution in [3.05, 3.63) is 62.6 Å². The van der Waals surface area contributed by atoms with Crippen LogP contribution < -0.4 is 26.1 Å². The average molecular weight is 658 g/mol. The van der Waals surface area contributed by atoms with Gasteiger partial charge in [-0.1, -0.05) is 23.2 Å². The molecule has 0 fully saturated rings. The first kappa shape index (κ1) is 33.5. The Hall–Kier alpha value is -4.39. The van der Waals surface area contributed by atoms with Crippen molar-refractivity contribution in [1.82, 2.24) is 24.6 Å². The van der Waals surface area contributed by atoms with Crippen LogP contribution in [0.3, 0.4) is 0 Å². The van der Waals surface area contributed by atoms with Crippen LogP contribution in [0.1, 0.15) is 26.3 Å². The topological polar surface area (TPSA) is 153 Å². The number of carbonyl (C=O) groups is 2. The second kappa shape index (κ2) is 13.7. The molecule has 4 aromatic rings. The summed E-state index contributed by atoms with van der Waals surface area (Å²) in [6.45, 7) is 5.90. The van der Waals surface area contributed by atoms with Gasteiger partial charge in [0.1, 0.15) is 18.0 Å². The number of nitrogens with two attached hydrogens (primary N) is 1. The molecule has 12 nitrogen and oxygen atoms in total. The molecule has 1 aromatic carbocycles. The van der Waals surface area contributed by atoms with Gasteiger partial charge < -0.3 is 25.3 Å². The molecule has 238 valence electrons. The lowest BCUT2D eigenvalue weighted by molar-refractivity contribution is -0.123.